The van der Waals surface area contributed by atoms with Gasteiger partial charge < -0.3 is 9.15 Å². The first kappa shape index (κ1) is 13.7. The van der Waals surface area contributed by atoms with Gasteiger partial charge in [-0.05, 0) is 30.3 Å². The van der Waals surface area contributed by atoms with Crippen molar-refractivity contribution in [2.45, 2.75) is 6.42 Å². The van der Waals surface area contributed by atoms with E-state index in [1.807, 2.05) is 24.3 Å². The van der Waals surface area contributed by atoms with Crippen molar-refractivity contribution in [3.05, 3.63) is 64.9 Å². The summed E-state index contributed by atoms with van der Waals surface area (Å²) in [6.45, 7) is 0. The topological polar surface area (TPSA) is 39.4 Å². The van der Waals surface area contributed by atoms with Gasteiger partial charge in [-0.2, -0.15) is 0 Å². The van der Waals surface area contributed by atoms with Crippen LogP contribution in [-0.2, 0) is 6.42 Å². The first-order valence-corrected chi connectivity index (χ1v) is 6.89. The Bertz CT molecular complexity index is 772. The summed E-state index contributed by atoms with van der Waals surface area (Å²) in [5, 5.41) is 1.49. The van der Waals surface area contributed by atoms with E-state index in [4.69, 9.17) is 20.8 Å². The van der Waals surface area contributed by atoms with Gasteiger partial charge in [0.25, 0.3) is 0 Å². The number of furan rings is 1. The number of methoxy groups -OCH3 is 1. The molecule has 2 aromatic carbocycles. The molecular weight excluding hydrogens is 288 g/mol. The van der Waals surface area contributed by atoms with Crippen LogP contribution in [0.3, 0.4) is 0 Å². The lowest BCUT2D eigenvalue weighted by Crippen LogP contribution is -2.03. The highest BCUT2D eigenvalue weighted by molar-refractivity contribution is 6.30. The standard InChI is InChI=1S/C17H13ClO3/c1-20-15-7-6-13(18)8-12(15)9-14(19)17-10-11-4-2-3-5-16(11)21-17/h2-8,10H,9H2,1H3. The molecule has 0 spiro atoms. The number of carbonyl (C=O) groups excluding carboxylic acids is 1. The number of halogens is 1. The maximum atomic E-state index is 12.4. The number of carbonyl (C=O) groups is 1. The molecular formula is C17H13ClO3. The number of para-hydroxylation sites is 1. The Kier molecular flexibility index (Phi) is 3.67. The predicted molar refractivity (Wildman–Crippen MR) is 82.3 cm³/mol. The van der Waals surface area contributed by atoms with Crippen molar-refractivity contribution in [1.82, 2.24) is 0 Å². The van der Waals surface area contributed by atoms with Gasteiger partial charge in [-0.3, -0.25) is 4.79 Å². The van der Waals surface area contributed by atoms with E-state index in [2.05, 4.69) is 0 Å². The Hall–Kier alpha value is -2.26. The molecule has 0 saturated heterocycles. The Morgan fingerprint density at radius 1 is 1.19 bits per heavy atom. The highest BCUT2D eigenvalue weighted by Crippen LogP contribution is 2.25. The van der Waals surface area contributed by atoms with Gasteiger partial charge in [0.15, 0.2) is 5.76 Å². The Morgan fingerprint density at radius 3 is 2.76 bits per heavy atom. The molecule has 0 fully saturated rings. The van der Waals surface area contributed by atoms with E-state index in [0.717, 1.165) is 10.9 Å². The third-order valence-electron chi connectivity index (χ3n) is 3.29. The lowest BCUT2D eigenvalue weighted by molar-refractivity contribution is 0.0967. The Balaban J connectivity index is 1.91. The molecule has 0 aliphatic carbocycles. The molecule has 106 valence electrons. The molecule has 0 saturated carbocycles. The van der Waals surface area contributed by atoms with Crippen LogP contribution in [0.5, 0.6) is 5.75 Å². The minimum absolute atomic E-state index is 0.105. The molecule has 0 atom stereocenters. The normalized spacial score (nSPS) is 10.8. The molecule has 3 rings (SSSR count). The number of benzene rings is 2. The zero-order chi connectivity index (χ0) is 14.8. The maximum Gasteiger partial charge on any atom is 0.202 e. The summed E-state index contributed by atoms with van der Waals surface area (Å²) in [6, 6.07) is 14.5. The van der Waals surface area contributed by atoms with Crippen molar-refractivity contribution in [2.24, 2.45) is 0 Å². The van der Waals surface area contributed by atoms with Gasteiger partial charge in [-0.1, -0.05) is 29.8 Å². The fourth-order valence-corrected chi connectivity index (χ4v) is 2.46. The molecule has 0 aliphatic rings. The molecule has 4 heteroatoms. The van der Waals surface area contributed by atoms with E-state index in [1.165, 1.54) is 0 Å². The second-order valence-corrected chi connectivity index (χ2v) is 5.14. The average Bonchev–Trinajstić information content (AvgIpc) is 2.91. The fraction of sp³-hybridized carbons (Fsp3) is 0.118. The van der Waals surface area contributed by atoms with Gasteiger partial charge in [0.1, 0.15) is 11.3 Å². The van der Waals surface area contributed by atoms with Gasteiger partial charge in [0, 0.05) is 22.4 Å². The molecule has 0 bridgehead atoms. The van der Waals surface area contributed by atoms with E-state index < -0.39 is 0 Å². The first-order valence-electron chi connectivity index (χ1n) is 6.51. The van der Waals surface area contributed by atoms with Gasteiger partial charge in [-0.25, -0.2) is 0 Å². The van der Waals surface area contributed by atoms with Crippen LogP contribution in [0.2, 0.25) is 5.02 Å². The predicted octanol–water partition coefficient (Wildman–Crippen LogP) is 4.52. The molecule has 0 amide bonds. The second-order valence-electron chi connectivity index (χ2n) is 4.70. The lowest BCUT2D eigenvalue weighted by atomic mass is 10.1. The minimum Gasteiger partial charge on any atom is -0.496 e. The number of hydrogen-bond acceptors (Lipinski definition) is 3. The number of hydrogen-bond donors (Lipinski definition) is 0. The zero-order valence-electron chi connectivity index (χ0n) is 11.4. The molecule has 1 aromatic heterocycles. The molecule has 0 radical (unpaired) electrons. The summed E-state index contributed by atoms with van der Waals surface area (Å²) >= 11 is 5.98. The van der Waals surface area contributed by atoms with E-state index >= 15 is 0 Å². The fourth-order valence-electron chi connectivity index (χ4n) is 2.26. The van der Waals surface area contributed by atoms with E-state index in [9.17, 15) is 4.79 Å². The third-order valence-corrected chi connectivity index (χ3v) is 3.53. The van der Waals surface area contributed by atoms with E-state index in [0.29, 0.717) is 22.1 Å². The van der Waals surface area contributed by atoms with Crippen LogP contribution in [0.15, 0.2) is 52.9 Å². The summed E-state index contributed by atoms with van der Waals surface area (Å²) in [5.74, 6) is 0.883. The zero-order valence-corrected chi connectivity index (χ0v) is 12.2. The summed E-state index contributed by atoms with van der Waals surface area (Å²) in [7, 11) is 1.57. The third kappa shape index (κ3) is 2.78. The van der Waals surface area contributed by atoms with Crippen LogP contribution in [-0.4, -0.2) is 12.9 Å². The smallest absolute Gasteiger partial charge is 0.202 e. The van der Waals surface area contributed by atoms with Gasteiger partial charge in [-0.15, -0.1) is 0 Å². The van der Waals surface area contributed by atoms with Crippen molar-refractivity contribution in [1.29, 1.82) is 0 Å². The molecule has 3 aromatic rings. The number of fused-ring (bicyclic) bond motifs is 1. The molecule has 0 aliphatic heterocycles. The minimum atomic E-state index is -0.105. The Labute approximate surface area is 127 Å². The maximum absolute atomic E-state index is 12.4. The Morgan fingerprint density at radius 2 is 2.00 bits per heavy atom. The summed E-state index contributed by atoms with van der Waals surface area (Å²) in [5.41, 5.74) is 1.45. The molecule has 0 N–H and O–H groups in total. The van der Waals surface area contributed by atoms with Crippen molar-refractivity contribution in [3.63, 3.8) is 0 Å². The van der Waals surface area contributed by atoms with Crippen LogP contribution < -0.4 is 4.74 Å². The van der Waals surface area contributed by atoms with E-state index in [-0.39, 0.29) is 12.2 Å². The van der Waals surface area contributed by atoms with Crippen LogP contribution in [0.4, 0.5) is 0 Å². The number of Topliss-reactive ketones (excluding diaryl/α,β-unsaturated/α-hetero) is 1. The van der Waals surface area contributed by atoms with Gasteiger partial charge in [0.05, 0.1) is 7.11 Å². The number of ether oxygens (including phenoxy) is 1. The van der Waals surface area contributed by atoms with Crippen LogP contribution >= 0.6 is 11.6 Å². The average molecular weight is 301 g/mol. The monoisotopic (exact) mass is 300 g/mol. The van der Waals surface area contributed by atoms with E-state index in [1.54, 1.807) is 31.4 Å². The highest BCUT2D eigenvalue weighted by atomic mass is 35.5. The first-order chi connectivity index (χ1) is 10.2. The molecule has 21 heavy (non-hydrogen) atoms. The van der Waals surface area contributed by atoms with Crippen LogP contribution in [0.1, 0.15) is 16.1 Å². The van der Waals surface area contributed by atoms with Crippen molar-refractivity contribution in [2.75, 3.05) is 7.11 Å². The highest BCUT2D eigenvalue weighted by Gasteiger charge is 2.15. The number of ketones is 1. The molecule has 0 unspecified atom stereocenters. The summed E-state index contributed by atoms with van der Waals surface area (Å²) < 4.78 is 10.8. The van der Waals surface area contributed by atoms with Crippen molar-refractivity contribution in [3.8, 4) is 5.75 Å². The second kappa shape index (κ2) is 5.62. The number of rotatable bonds is 4. The van der Waals surface area contributed by atoms with Gasteiger partial charge >= 0.3 is 0 Å². The summed E-state index contributed by atoms with van der Waals surface area (Å²) in [4.78, 5) is 12.4. The SMILES string of the molecule is COc1ccc(Cl)cc1CC(=O)c1cc2ccccc2o1. The van der Waals surface area contributed by atoms with Crippen molar-refractivity contribution >= 4 is 28.4 Å². The van der Waals surface area contributed by atoms with Crippen LogP contribution in [0, 0.1) is 0 Å². The van der Waals surface area contributed by atoms with Gasteiger partial charge in [0.2, 0.25) is 5.78 Å². The summed E-state index contributed by atoms with van der Waals surface area (Å²) in [6.07, 6.45) is 0.184. The largest absolute Gasteiger partial charge is 0.496 e. The molecule has 1 heterocycles. The van der Waals surface area contributed by atoms with Crippen LogP contribution in [0.25, 0.3) is 11.0 Å². The van der Waals surface area contributed by atoms with Crippen molar-refractivity contribution < 1.29 is 13.9 Å². The quantitative estimate of drug-likeness (QED) is 0.665. The molecule has 3 nitrogen and oxygen atoms in total. The lowest BCUT2D eigenvalue weighted by Gasteiger charge is -2.07.